The summed E-state index contributed by atoms with van der Waals surface area (Å²) in [5, 5.41) is 20.2. The third-order valence-corrected chi connectivity index (χ3v) is 3.69. The third kappa shape index (κ3) is 4.59. The zero-order chi connectivity index (χ0) is 18.8. The first-order valence-corrected chi connectivity index (χ1v) is 7.83. The predicted octanol–water partition coefficient (Wildman–Crippen LogP) is 2.35. The zero-order valence-corrected chi connectivity index (χ0v) is 14.4. The summed E-state index contributed by atoms with van der Waals surface area (Å²) in [7, 11) is 0. The maximum Gasteiger partial charge on any atom is 0.410 e. The Morgan fingerprint density at radius 3 is 2.28 bits per heavy atom. The fourth-order valence-electron chi connectivity index (χ4n) is 2.54. The van der Waals surface area contributed by atoms with Crippen LogP contribution >= 0.6 is 0 Å². The van der Waals surface area contributed by atoms with Crippen LogP contribution in [-0.4, -0.2) is 58.8 Å². The first-order valence-electron chi connectivity index (χ1n) is 7.83. The summed E-state index contributed by atoms with van der Waals surface area (Å²) in [6.45, 7) is 6.95. The number of carbonyl (C=O) groups is 2. The fraction of sp³-hybridized carbons (Fsp3) is 0.500. The molecule has 1 aromatic carbocycles. The Morgan fingerprint density at radius 2 is 1.80 bits per heavy atom. The van der Waals surface area contributed by atoms with Crippen molar-refractivity contribution < 1.29 is 24.4 Å². The van der Waals surface area contributed by atoms with Gasteiger partial charge in [-0.3, -0.25) is 10.1 Å². The first kappa shape index (κ1) is 18.5. The lowest BCUT2D eigenvalue weighted by Gasteiger charge is -2.37. The molecule has 1 fully saturated rings. The molecule has 9 nitrogen and oxygen atoms in total. The Hall–Kier alpha value is -2.84. The number of rotatable bonds is 3. The summed E-state index contributed by atoms with van der Waals surface area (Å²) in [4.78, 5) is 37.1. The molecule has 1 N–H and O–H groups in total. The van der Waals surface area contributed by atoms with Gasteiger partial charge >= 0.3 is 12.1 Å². The monoisotopic (exact) mass is 351 g/mol. The number of benzene rings is 1. The molecule has 1 aromatic rings. The molecule has 0 bridgehead atoms. The van der Waals surface area contributed by atoms with E-state index in [-0.39, 0.29) is 11.3 Å². The summed E-state index contributed by atoms with van der Waals surface area (Å²) < 4.78 is 5.32. The summed E-state index contributed by atoms with van der Waals surface area (Å²) in [6, 6.07) is 3.77. The van der Waals surface area contributed by atoms with E-state index >= 15 is 0 Å². The van der Waals surface area contributed by atoms with Gasteiger partial charge in [0.15, 0.2) is 0 Å². The van der Waals surface area contributed by atoms with Gasteiger partial charge in [-0.15, -0.1) is 0 Å². The molecule has 136 valence electrons. The number of aromatic carboxylic acids is 1. The number of nitro groups is 1. The second-order valence-electron chi connectivity index (χ2n) is 6.72. The van der Waals surface area contributed by atoms with Crippen LogP contribution in [0.25, 0.3) is 0 Å². The molecular weight excluding hydrogens is 330 g/mol. The van der Waals surface area contributed by atoms with Crippen LogP contribution in [-0.2, 0) is 4.74 Å². The van der Waals surface area contributed by atoms with E-state index in [0.29, 0.717) is 31.9 Å². The van der Waals surface area contributed by atoms with Gasteiger partial charge in [0.25, 0.3) is 5.69 Å². The summed E-state index contributed by atoms with van der Waals surface area (Å²) >= 11 is 0. The van der Waals surface area contributed by atoms with Crippen molar-refractivity contribution in [2.45, 2.75) is 26.4 Å². The van der Waals surface area contributed by atoms with E-state index in [2.05, 4.69) is 0 Å². The molecule has 0 unspecified atom stereocenters. The fourth-order valence-corrected chi connectivity index (χ4v) is 2.54. The number of hydrogen-bond donors (Lipinski definition) is 1. The average Bonchev–Trinajstić information content (AvgIpc) is 2.52. The van der Waals surface area contributed by atoms with E-state index in [1.54, 1.807) is 30.6 Å². The summed E-state index contributed by atoms with van der Waals surface area (Å²) in [6.07, 6.45) is -0.408. The molecule has 0 spiro atoms. The van der Waals surface area contributed by atoms with Crippen LogP contribution in [0, 0.1) is 10.1 Å². The van der Waals surface area contributed by atoms with Gasteiger partial charge in [0.05, 0.1) is 16.2 Å². The van der Waals surface area contributed by atoms with E-state index in [0.717, 1.165) is 6.07 Å². The maximum atomic E-state index is 12.1. The van der Waals surface area contributed by atoms with Gasteiger partial charge in [0, 0.05) is 38.3 Å². The Labute approximate surface area is 144 Å². The molecule has 1 aliphatic heterocycles. The molecule has 0 aliphatic carbocycles. The lowest BCUT2D eigenvalue weighted by Crippen LogP contribution is -2.50. The van der Waals surface area contributed by atoms with Crippen molar-refractivity contribution in [3.63, 3.8) is 0 Å². The van der Waals surface area contributed by atoms with E-state index in [4.69, 9.17) is 4.74 Å². The van der Waals surface area contributed by atoms with E-state index in [9.17, 15) is 24.8 Å². The van der Waals surface area contributed by atoms with Crippen molar-refractivity contribution in [1.29, 1.82) is 0 Å². The van der Waals surface area contributed by atoms with Gasteiger partial charge in [0.2, 0.25) is 0 Å². The molecule has 1 saturated heterocycles. The van der Waals surface area contributed by atoms with Crippen LogP contribution in [0.1, 0.15) is 31.1 Å². The molecule has 2 rings (SSSR count). The molecule has 0 atom stereocenters. The van der Waals surface area contributed by atoms with Crippen LogP contribution in [0.15, 0.2) is 18.2 Å². The van der Waals surface area contributed by atoms with E-state index in [1.807, 2.05) is 0 Å². The molecular formula is C16H21N3O6. The first-order chi connectivity index (χ1) is 11.6. The number of anilines is 1. The van der Waals surface area contributed by atoms with Crippen LogP contribution in [0.2, 0.25) is 0 Å². The minimum Gasteiger partial charge on any atom is -0.478 e. The molecule has 0 aromatic heterocycles. The Morgan fingerprint density at radius 1 is 1.20 bits per heavy atom. The SMILES string of the molecule is CC(C)(C)OC(=O)N1CCN(c2ccc([N+](=O)[O-])cc2C(=O)O)CC1. The van der Waals surface area contributed by atoms with E-state index < -0.39 is 22.6 Å². The highest BCUT2D eigenvalue weighted by atomic mass is 16.6. The van der Waals surface area contributed by atoms with Gasteiger partial charge in [-0.1, -0.05) is 0 Å². The van der Waals surface area contributed by atoms with Crippen molar-refractivity contribution in [1.82, 2.24) is 4.90 Å². The number of nitrogens with zero attached hydrogens (tertiary/aromatic N) is 3. The molecule has 0 saturated carbocycles. The molecule has 1 amide bonds. The number of non-ortho nitro benzene ring substituents is 1. The molecule has 1 heterocycles. The number of carbonyl (C=O) groups excluding carboxylic acids is 1. The van der Waals surface area contributed by atoms with Crippen LogP contribution in [0.5, 0.6) is 0 Å². The van der Waals surface area contributed by atoms with Crippen LogP contribution < -0.4 is 4.90 Å². The number of carboxylic acids is 1. The smallest absolute Gasteiger partial charge is 0.410 e. The van der Waals surface area contributed by atoms with Gasteiger partial charge in [-0.05, 0) is 26.8 Å². The van der Waals surface area contributed by atoms with Crippen molar-refractivity contribution in [3.05, 3.63) is 33.9 Å². The summed E-state index contributed by atoms with van der Waals surface area (Å²) in [5.41, 5.74) is -0.571. The highest BCUT2D eigenvalue weighted by Gasteiger charge is 2.28. The van der Waals surface area contributed by atoms with Gasteiger partial charge in [0.1, 0.15) is 5.60 Å². The third-order valence-electron chi connectivity index (χ3n) is 3.69. The largest absolute Gasteiger partial charge is 0.478 e. The molecule has 25 heavy (non-hydrogen) atoms. The van der Waals surface area contributed by atoms with Crippen LogP contribution in [0.4, 0.5) is 16.2 Å². The topological polar surface area (TPSA) is 113 Å². The standard InChI is InChI=1S/C16H21N3O6/c1-16(2,3)25-15(22)18-8-6-17(7-9-18)13-5-4-11(19(23)24)10-12(13)14(20)21/h4-5,10H,6-9H2,1-3H3,(H,20,21). The van der Waals surface area contributed by atoms with Crippen molar-refractivity contribution in [2.75, 3.05) is 31.1 Å². The van der Waals surface area contributed by atoms with Crippen molar-refractivity contribution >= 4 is 23.4 Å². The second kappa shape index (κ2) is 6.96. The summed E-state index contributed by atoms with van der Waals surface area (Å²) in [5.74, 6) is -1.23. The quantitative estimate of drug-likeness (QED) is 0.657. The molecule has 0 radical (unpaired) electrons. The Kier molecular flexibility index (Phi) is 5.15. The lowest BCUT2D eigenvalue weighted by molar-refractivity contribution is -0.384. The van der Waals surface area contributed by atoms with Crippen molar-refractivity contribution in [2.24, 2.45) is 0 Å². The molecule has 1 aliphatic rings. The zero-order valence-electron chi connectivity index (χ0n) is 14.4. The number of nitro benzene ring substituents is 1. The number of piperazine rings is 1. The number of amides is 1. The van der Waals surface area contributed by atoms with Gasteiger partial charge in [-0.2, -0.15) is 0 Å². The molecule has 9 heteroatoms. The van der Waals surface area contributed by atoms with Gasteiger partial charge < -0.3 is 19.6 Å². The van der Waals surface area contributed by atoms with Gasteiger partial charge in [-0.25, -0.2) is 9.59 Å². The van der Waals surface area contributed by atoms with Crippen LogP contribution in [0.3, 0.4) is 0 Å². The Bertz CT molecular complexity index is 690. The van der Waals surface area contributed by atoms with Crippen molar-refractivity contribution in [3.8, 4) is 0 Å². The predicted molar refractivity (Wildman–Crippen MR) is 90.1 cm³/mol. The number of ether oxygens (including phenoxy) is 1. The normalized spacial score (nSPS) is 15.0. The minimum absolute atomic E-state index is 0.125. The maximum absolute atomic E-state index is 12.1. The average molecular weight is 351 g/mol. The highest BCUT2D eigenvalue weighted by Crippen LogP contribution is 2.27. The number of carboxylic acid groups (broad SMARTS) is 1. The second-order valence-corrected chi connectivity index (χ2v) is 6.72. The van der Waals surface area contributed by atoms with E-state index in [1.165, 1.54) is 12.1 Å². The minimum atomic E-state index is -1.23. The lowest BCUT2D eigenvalue weighted by atomic mass is 10.1. The highest BCUT2D eigenvalue weighted by molar-refractivity contribution is 5.95. The Balaban J connectivity index is 2.11. The number of hydrogen-bond acceptors (Lipinski definition) is 6.